The Balaban J connectivity index is 1.40. The molecule has 0 spiro atoms. The highest BCUT2D eigenvalue weighted by atomic mass is 16.3. The number of oxazole rings is 1. The van der Waals surface area contributed by atoms with Gasteiger partial charge in [-0.2, -0.15) is 0 Å². The maximum absolute atomic E-state index is 6.68. The minimum absolute atomic E-state index is 0.589. The van der Waals surface area contributed by atoms with E-state index < -0.39 is 0 Å². The molecule has 0 atom stereocenters. The highest BCUT2D eigenvalue weighted by molar-refractivity contribution is 6.21. The fourth-order valence-corrected chi connectivity index (χ4v) is 6.08. The molecule has 9 rings (SSSR count). The summed E-state index contributed by atoms with van der Waals surface area (Å²) in [5.74, 6) is 0.589. The van der Waals surface area contributed by atoms with Crippen LogP contribution < -0.4 is 0 Å². The lowest BCUT2D eigenvalue weighted by molar-refractivity contribution is 0.619. The van der Waals surface area contributed by atoms with Crippen LogP contribution >= 0.6 is 0 Å². The number of hydrogen-bond donors (Lipinski definition) is 0. The van der Waals surface area contributed by atoms with E-state index in [2.05, 4.69) is 95.6 Å². The molecule has 182 valence electrons. The molecule has 6 aromatic carbocycles. The van der Waals surface area contributed by atoms with Crippen LogP contribution in [-0.4, -0.2) is 9.55 Å². The molecule has 39 heavy (non-hydrogen) atoms. The molecule has 9 aromatic rings. The van der Waals surface area contributed by atoms with Gasteiger partial charge in [-0.05, 0) is 53.9 Å². The van der Waals surface area contributed by atoms with E-state index in [4.69, 9.17) is 13.8 Å². The average molecular weight is 501 g/mol. The predicted octanol–water partition coefficient (Wildman–Crippen LogP) is 9.64. The van der Waals surface area contributed by atoms with E-state index in [0.29, 0.717) is 5.89 Å². The monoisotopic (exact) mass is 500 g/mol. The molecule has 0 bridgehead atoms. The van der Waals surface area contributed by atoms with Gasteiger partial charge in [0.1, 0.15) is 16.7 Å². The van der Waals surface area contributed by atoms with Gasteiger partial charge >= 0.3 is 0 Å². The van der Waals surface area contributed by atoms with E-state index in [1.807, 2.05) is 30.3 Å². The minimum atomic E-state index is 0.589. The summed E-state index contributed by atoms with van der Waals surface area (Å²) in [6.07, 6.45) is 0. The second-order valence-corrected chi connectivity index (χ2v) is 9.99. The van der Waals surface area contributed by atoms with Gasteiger partial charge in [0.05, 0.1) is 22.1 Å². The third-order valence-corrected chi connectivity index (χ3v) is 7.81. The van der Waals surface area contributed by atoms with Gasteiger partial charge in [0.25, 0.3) is 0 Å². The summed E-state index contributed by atoms with van der Waals surface area (Å²) in [4.78, 5) is 4.71. The first-order chi connectivity index (χ1) is 19.3. The van der Waals surface area contributed by atoms with Gasteiger partial charge in [-0.15, -0.1) is 0 Å². The van der Waals surface area contributed by atoms with Crippen molar-refractivity contribution in [2.45, 2.75) is 0 Å². The third-order valence-electron chi connectivity index (χ3n) is 7.81. The van der Waals surface area contributed by atoms with Crippen LogP contribution in [0.1, 0.15) is 0 Å². The molecule has 3 aromatic heterocycles. The van der Waals surface area contributed by atoms with Crippen LogP contribution in [0, 0.1) is 0 Å². The SMILES string of the molecule is c1ccc2c(c1)cc(-n1c3ccccc3c3ccccc31)c1c3ccc(-c4nc5ccccc5o4)cc3oc21. The molecule has 4 nitrogen and oxygen atoms in total. The number of aromatic nitrogens is 2. The van der Waals surface area contributed by atoms with Crippen molar-refractivity contribution < 1.29 is 8.83 Å². The molecule has 3 heterocycles. The number of nitrogens with zero attached hydrogens (tertiary/aromatic N) is 2. The van der Waals surface area contributed by atoms with E-state index in [1.165, 1.54) is 21.8 Å². The minimum Gasteiger partial charge on any atom is -0.455 e. The zero-order chi connectivity index (χ0) is 25.5. The first kappa shape index (κ1) is 20.7. The normalized spacial score (nSPS) is 12.1. The van der Waals surface area contributed by atoms with Crippen molar-refractivity contribution >= 4 is 65.6 Å². The molecule has 0 unspecified atom stereocenters. The molecule has 0 saturated carbocycles. The smallest absolute Gasteiger partial charge is 0.227 e. The van der Waals surface area contributed by atoms with Gasteiger partial charge in [-0.3, -0.25) is 0 Å². The topological polar surface area (TPSA) is 44.1 Å². The van der Waals surface area contributed by atoms with Gasteiger partial charge < -0.3 is 13.4 Å². The summed E-state index contributed by atoms with van der Waals surface area (Å²) in [6, 6.07) is 42.1. The Morgan fingerprint density at radius 3 is 2.03 bits per heavy atom. The highest BCUT2D eigenvalue weighted by Gasteiger charge is 2.20. The second-order valence-electron chi connectivity index (χ2n) is 9.99. The molecule has 4 heteroatoms. The first-order valence-electron chi connectivity index (χ1n) is 13.1. The van der Waals surface area contributed by atoms with Crippen molar-refractivity contribution in [3.05, 3.63) is 121 Å². The van der Waals surface area contributed by atoms with Crippen LogP contribution in [-0.2, 0) is 0 Å². The van der Waals surface area contributed by atoms with E-state index in [0.717, 1.165) is 55.1 Å². The summed E-state index contributed by atoms with van der Waals surface area (Å²) >= 11 is 0. The molecule has 0 saturated heterocycles. The number of benzene rings is 6. The number of para-hydroxylation sites is 4. The van der Waals surface area contributed by atoms with Gasteiger partial charge in [0, 0.05) is 27.1 Å². The summed E-state index contributed by atoms with van der Waals surface area (Å²) in [5, 5.41) is 6.87. The lowest BCUT2D eigenvalue weighted by Gasteiger charge is -2.11. The lowest BCUT2D eigenvalue weighted by atomic mass is 10.0. The molecule has 0 amide bonds. The predicted molar refractivity (Wildman–Crippen MR) is 159 cm³/mol. The molecular weight excluding hydrogens is 480 g/mol. The fourth-order valence-electron chi connectivity index (χ4n) is 6.08. The molecule has 0 N–H and O–H groups in total. The second kappa shape index (κ2) is 7.59. The van der Waals surface area contributed by atoms with Crippen LogP contribution in [0.4, 0.5) is 0 Å². The van der Waals surface area contributed by atoms with Crippen LogP contribution in [0.15, 0.2) is 130 Å². The quantitative estimate of drug-likeness (QED) is 0.237. The summed E-state index contributed by atoms with van der Waals surface area (Å²) in [7, 11) is 0. The van der Waals surface area contributed by atoms with E-state index in [1.54, 1.807) is 0 Å². The Morgan fingerprint density at radius 2 is 1.23 bits per heavy atom. The maximum Gasteiger partial charge on any atom is 0.227 e. The van der Waals surface area contributed by atoms with Crippen molar-refractivity contribution in [2.75, 3.05) is 0 Å². The zero-order valence-electron chi connectivity index (χ0n) is 20.8. The zero-order valence-corrected chi connectivity index (χ0v) is 20.8. The fraction of sp³-hybridized carbons (Fsp3) is 0. The molecule has 0 fully saturated rings. The van der Waals surface area contributed by atoms with Crippen LogP contribution in [0.3, 0.4) is 0 Å². The Labute approximate surface area is 222 Å². The summed E-state index contributed by atoms with van der Waals surface area (Å²) < 4.78 is 15.1. The Kier molecular flexibility index (Phi) is 4.02. The van der Waals surface area contributed by atoms with E-state index in [9.17, 15) is 0 Å². The number of hydrogen-bond acceptors (Lipinski definition) is 3. The number of rotatable bonds is 2. The van der Waals surface area contributed by atoms with Crippen molar-refractivity contribution in [2.24, 2.45) is 0 Å². The van der Waals surface area contributed by atoms with E-state index >= 15 is 0 Å². The largest absolute Gasteiger partial charge is 0.455 e. The van der Waals surface area contributed by atoms with Crippen LogP contribution in [0.25, 0.3) is 82.8 Å². The molecular formula is C35H20N2O2. The van der Waals surface area contributed by atoms with Gasteiger partial charge in [0.2, 0.25) is 5.89 Å². The van der Waals surface area contributed by atoms with Crippen molar-refractivity contribution in [3.8, 4) is 17.1 Å². The number of fused-ring (bicyclic) bond motifs is 9. The van der Waals surface area contributed by atoms with Crippen molar-refractivity contribution in [3.63, 3.8) is 0 Å². The van der Waals surface area contributed by atoms with Crippen molar-refractivity contribution in [1.29, 1.82) is 0 Å². The first-order valence-corrected chi connectivity index (χ1v) is 13.1. The Morgan fingerprint density at radius 1 is 0.538 bits per heavy atom. The van der Waals surface area contributed by atoms with Gasteiger partial charge in [0.15, 0.2) is 5.58 Å². The molecule has 0 aliphatic heterocycles. The lowest BCUT2D eigenvalue weighted by Crippen LogP contribution is -1.95. The average Bonchev–Trinajstić information content (AvgIpc) is 3.68. The third kappa shape index (κ3) is 2.85. The van der Waals surface area contributed by atoms with Gasteiger partial charge in [-0.25, -0.2) is 4.98 Å². The summed E-state index contributed by atoms with van der Waals surface area (Å²) in [5.41, 5.74) is 7.65. The maximum atomic E-state index is 6.68. The molecule has 0 aliphatic rings. The highest BCUT2D eigenvalue weighted by Crippen LogP contribution is 2.42. The van der Waals surface area contributed by atoms with Crippen molar-refractivity contribution in [1.82, 2.24) is 9.55 Å². The summed E-state index contributed by atoms with van der Waals surface area (Å²) in [6.45, 7) is 0. The van der Waals surface area contributed by atoms with E-state index in [-0.39, 0.29) is 0 Å². The van der Waals surface area contributed by atoms with Crippen LogP contribution in [0.2, 0.25) is 0 Å². The standard InChI is InChI=1S/C35H20N2O2/c1-2-10-23-21(9-1)19-30(37-28-14-6-3-11-24(28)25-12-4-7-15-29(25)37)33-26-18-17-22(20-32(26)38-34(23)33)35-36-27-13-5-8-16-31(27)39-35/h1-20H. The number of furan rings is 1. The van der Waals surface area contributed by atoms with Gasteiger partial charge in [-0.1, -0.05) is 72.8 Å². The molecule has 0 radical (unpaired) electrons. The Bertz CT molecular complexity index is 2320. The Hall–Kier alpha value is -5.35. The van der Waals surface area contributed by atoms with Crippen LogP contribution in [0.5, 0.6) is 0 Å². The molecule has 0 aliphatic carbocycles.